The van der Waals surface area contributed by atoms with Gasteiger partial charge in [0.05, 0.1) is 0 Å². The summed E-state index contributed by atoms with van der Waals surface area (Å²) < 4.78 is 1.64. The quantitative estimate of drug-likeness (QED) is 0.763. The Morgan fingerprint density at radius 1 is 1.77 bits per heavy atom. The van der Waals surface area contributed by atoms with Gasteiger partial charge in [-0.25, -0.2) is 0 Å². The van der Waals surface area contributed by atoms with Crippen molar-refractivity contribution in [3.05, 3.63) is 11.8 Å². The Hall–Kier alpha value is -1.50. The lowest BCUT2D eigenvalue weighted by Crippen LogP contribution is -2.14. The Morgan fingerprint density at radius 2 is 2.46 bits per heavy atom. The maximum Gasteiger partial charge on any atom is 0.166 e. The highest BCUT2D eigenvalue weighted by atomic mass is 15.3. The average Bonchev–Trinajstić information content (AvgIpc) is 2.46. The molecule has 1 N–H and O–H groups in total. The van der Waals surface area contributed by atoms with E-state index < -0.39 is 0 Å². The van der Waals surface area contributed by atoms with Crippen molar-refractivity contribution < 1.29 is 0 Å². The molecule has 4 heteroatoms. The van der Waals surface area contributed by atoms with Crippen LogP contribution in [0.5, 0.6) is 0 Å². The zero-order chi connectivity index (χ0) is 9.84. The molecular weight excluding hydrogens is 164 g/mol. The molecule has 70 valence electrons. The Morgan fingerprint density at radius 3 is 3.00 bits per heavy atom. The van der Waals surface area contributed by atoms with Crippen LogP contribution in [-0.2, 0) is 7.05 Å². The number of nitrogens with zero attached hydrogens (tertiary/aromatic N) is 3. The highest BCUT2D eigenvalue weighted by Gasteiger charge is 2.08. The molecule has 0 aliphatic carbocycles. The molecule has 4 nitrogen and oxygen atoms in total. The van der Waals surface area contributed by atoms with E-state index in [4.69, 9.17) is 5.26 Å². The second-order valence-electron chi connectivity index (χ2n) is 3.13. The van der Waals surface area contributed by atoms with Crippen LogP contribution in [-0.4, -0.2) is 15.8 Å². The zero-order valence-electron chi connectivity index (χ0n) is 8.20. The number of rotatable bonds is 3. The largest absolute Gasteiger partial charge is 0.365 e. The lowest BCUT2D eigenvalue weighted by molar-refractivity contribution is 0.734. The lowest BCUT2D eigenvalue weighted by atomic mass is 10.2. The highest BCUT2D eigenvalue weighted by molar-refractivity contribution is 5.50. The third-order valence-corrected chi connectivity index (χ3v) is 1.94. The molecule has 0 fully saturated rings. The minimum atomic E-state index is 0.349. The maximum absolute atomic E-state index is 8.77. The SMILES string of the molecule is CCC(C)Nc1nn(C)cc1C#N. The van der Waals surface area contributed by atoms with Crippen LogP contribution >= 0.6 is 0 Å². The molecule has 0 aliphatic heterocycles. The van der Waals surface area contributed by atoms with E-state index in [-0.39, 0.29) is 0 Å². The molecule has 0 aliphatic rings. The normalized spacial score (nSPS) is 12.2. The Balaban J connectivity index is 2.82. The molecule has 0 spiro atoms. The van der Waals surface area contributed by atoms with Crippen LogP contribution in [0.1, 0.15) is 25.8 Å². The molecule has 0 amide bonds. The van der Waals surface area contributed by atoms with Crippen LogP contribution in [0.2, 0.25) is 0 Å². The third kappa shape index (κ3) is 2.22. The predicted molar refractivity (Wildman–Crippen MR) is 51.3 cm³/mol. The van der Waals surface area contributed by atoms with E-state index in [9.17, 15) is 0 Å². The lowest BCUT2D eigenvalue weighted by Gasteiger charge is -2.09. The fourth-order valence-corrected chi connectivity index (χ4v) is 1.01. The molecule has 1 aromatic heterocycles. The first-order valence-corrected chi connectivity index (χ1v) is 4.37. The van der Waals surface area contributed by atoms with Gasteiger partial charge in [0.1, 0.15) is 11.6 Å². The van der Waals surface area contributed by atoms with Crippen LogP contribution in [0.25, 0.3) is 0 Å². The molecule has 0 aromatic carbocycles. The van der Waals surface area contributed by atoms with Gasteiger partial charge in [-0.1, -0.05) is 6.92 Å². The van der Waals surface area contributed by atoms with E-state index in [1.165, 1.54) is 0 Å². The summed E-state index contributed by atoms with van der Waals surface area (Å²) in [5.74, 6) is 0.680. The van der Waals surface area contributed by atoms with Crippen LogP contribution < -0.4 is 5.32 Å². The smallest absolute Gasteiger partial charge is 0.166 e. The Bertz CT molecular complexity index is 321. The third-order valence-electron chi connectivity index (χ3n) is 1.94. The molecule has 0 saturated carbocycles. The van der Waals surface area contributed by atoms with Crippen LogP contribution in [0.15, 0.2) is 6.20 Å². The number of aryl methyl sites for hydroxylation is 1. The van der Waals surface area contributed by atoms with Gasteiger partial charge in [0.2, 0.25) is 0 Å². The predicted octanol–water partition coefficient (Wildman–Crippen LogP) is 1.50. The van der Waals surface area contributed by atoms with Gasteiger partial charge in [0.25, 0.3) is 0 Å². The molecule has 1 heterocycles. The van der Waals surface area contributed by atoms with Gasteiger partial charge in [-0.3, -0.25) is 4.68 Å². The summed E-state index contributed by atoms with van der Waals surface area (Å²) in [6, 6.07) is 2.45. The summed E-state index contributed by atoms with van der Waals surface area (Å²) in [5, 5.41) is 16.1. The van der Waals surface area contributed by atoms with Crippen molar-refractivity contribution in [1.82, 2.24) is 9.78 Å². The molecule has 0 bridgehead atoms. The maximum atomic E-state index is 8.77. The van der Waals surface area contributed by atoms with Crippen molar-refractivity contribution in [2.75, 3.05) is 5.32 Å². The van der Waals surface area contributed by atoms with Crippen molar-refractivity contribution in [2.45, 2.75) is 26.3 Å². The number of hydrogen-bond acceptors (Lipinski definition) is 3. The van der Waals surface area contributed by atoms with E-state index >= 15 is 0 Å². The molecule has 13 heavy (non-hydrogen) atoms. The monoisotopic (exact) mass is 178 g/mol. The second kappa shape index (κ2) is 3.94. The standard InChI is InChI=1S/C9H14N4/c1-4-7(2)11-9-8(5-10)6-13(3)12-9/h6-7H,4H2,1-3H3,(H,11,12). The summed E-state index contributed by atoms with van der Waals surface area (Å²) in [6.45, 7) is 4.16. The summed E-state index contributed by atoms with van der Waals surface area (Å²) >= 11 is 0. The van der Waals surface area contributed by atoms with E-state index in [1.54, 1.807) is 10.9 Å². The highest BCUT2D eigenvalue weighted by Crippen LogP contribution is 2.12. The topological polar surface area (TPSA) is 53.6 Å². The first-order chi connectivity index (χ1) is 6.17. The van der Waals surface area contributed by atoms with Gasteiger partial charge in [0.15, 0.2) is 5.82 Å². The summed E-state index contributed by atoms with van der Waals surface area (Å²) in [7, 11) is 1.81. The average molecular weight is 178 g/mol. The molecular formula is C9H14N4. The summed E-state index contributed by atoms with van der Waals surface area (Å²) in [4.78, 5) is 0. The minimum absolute atomic E-state index is 0.349. The van der Waals surface area contributed by atoms with Gasteiger partial charge in [-0.15, -0.1) is 0 Å². The van der Waals surface area contributed by atoms with Crippen molar-refractivity contribution in [1.29, 1.82) is 5.26 Å². The number of hydrogen-bond donors (Lipinski definition) is 1. The first-order valence-electron chi connectivity index (χ1n) is 4.37. The number of nitrogens with one attached hydrogen (secondary N) is 1. The number of aromatic nitrogens is 2. The van der Waals surface area contributed by atoms with Gasteiger partial charge < -0.3 is 5.32 Å². The molecule has 1 aromatic rings. The fraction of sp³-hybridized carbons (Fsp3) is 0.556. The molecule has 1 unspecified atom stereocenters. The summed E-state index contributed by atoms with van der Waals surface area (Å²) in [6.07, 6.45) is 2.73. The van der Waals surface area contributed by atoms with E-state index in [2.05, 4.69) is 30.3 Å². The Labute approximate surface area is 78.2 Å². The van der Waals surface area contributed by atoms with E-state index in [1.807, 2.05) is 7.05 Å². The van der Waals surface area contributed by atoms with Crippen LogP contribution in [0.4, 0.5) is 5.82 Å². The van der Waals surface area contributed by atoms with Crippen molar-refractivity contribution >= 4 is 5.82 Å². The molecule has 0 saturated heterocycles. The number of nitriles is 1. The van der Waals surface area contributed by atoms with Gasteiger partial charge in [-0.05, 0) is 13.3 Å². The van der Waals surface area contributed by atoms with Crippen molar-refractivity contribution in [3.8, 4) is 6.07 Å². The van der Waals surface area contributed by atoms with Gasteiger partial charge >= 0.3 is 0 Å². The van der Waals surface area contributed by atoms with Crippen LogP contribution in [0.3, 0.4) is 0 Å². The van der Waals surface area contributed by atoms with Gasteiger partial charge in [-0.2, -0.15) is 10.4 Å². The van der Waals surface area contributed by atoms with Gasteiger partial charge in [0, 0.05) is 19.3 Å². The zero-order valence-corrected chi connectivity index (χ0v) is 8.20. The number of anilines is 1. The minimum Gasteiger partial charge on any atom is -0.365 e. The summed E-state index contributed by atoms with van der Waals surface area (Å²) in [5.41, 5.74) is 0.600. The van der Waals surface area contributed by atoms with Crippen molar-refractivity contribution in [3.63, 3.8) is 0 Å². The van der Waals surface area contributed by atoms with Crippen LogP contribution in [0, 0.1) is 11.3 Å². The first kappa shape index (κ1) is 9.59. The molecule has 1 rings (SSSR count). The second-order valence-corrected chi connectivity index (χ2v) is 3.13. The van der Waals surface area contributed by atoms with Crippen molar-refractivity contribution in [2.24, 2.45) is 7.05 Å². The molecule has 1 atom stereocenters. The van der Waals surface area contributed by atoms with E-state index in [0.717, 1.165) is 6.42 Å². The van der Waals surface area contributed by atoms with E-state index in [0.29, 0.717) is 17.4 Å². The Kier molecular flexibility index (Phi) is 2.91. The molecule has 0 radical (unpaired) electrons. The fourth-order valence-electron chi connectivity index (χ4n) is 1.01.